The molecular weight excluding hydrogens is 421 g/mol. The van der Waals surface area contributed by atoms with Gasteiger partial charge in [0, 0.05) is 11.6 Å². The van der Waals surface area contributed by atoms with E-state index >= 15 is 0 Å². The molecule has 1 radical (unpaired) electrons. The first-order chi connectivity index (χ1) is 15.5. The standard InChI is InChI=1S/C25H33BNO6/c1-15-10-11-20(29)23-21(32-25(4,5)33-23)9-7-8-18-13-19(27(6)26-14-28)12-16(2)22(18)24(30)31-17(15)3/h7-8,10-15,17,20-21,23,29H,9H2,1-6H3/b8-7+,11-10-/t15-,17+,20?,21+,23-/m1/s1. The minimum atomic E-state index is -0.855. The molecule has 1 aromatic rings. The number of hydrogen-bond acceptors (Lipinski definition) is 7. The fourth-order valence-corrected chi connectivity index (χ4v) is 4.14. The first kappa shape index (κ1) is 25.2. The summed E-state index contributed by atoms with van der Waals surface area (Å²) in [5, 5.41) is 10.8. The highest BCUT2D eigenvalue weighted by Crippen LogP contribution is 2.33. The van der Waals surface area contributed by atoms with Gasteiger partial charge in [0.1, 0.15) is 24.5 Å². The molecular formula is C25H33BNO6. The Morgan fingerprint density at radius 3 is 2.64 bits per heavy atom. The Morgan fingerprint density at radius 2 is 1.94 bits per heavy atom. The van der Waals surface area contributed by atoms with E-state index in [1.165, 1.54) is 7.41 Å². The van der Waals surface area contributed by atoms with Crippen LogP contribution in [0.25, 0.3) is 6.08 Å². The van der Waals surface area contributed by atoms with Crippen LogP contribution >= 0.6 is 0 Å². The summed E-state index contributed by atoms with van der Waals surface area (Å²) in [6.45, 7) is 9.28. The molecule has 1 saturated heterocycles. The predicted molar refractivity (Wildman–Crippen MR) is 129 cm³/mol. The van der Waals surface area contributed by atoms with E-state index in [0.717, 1.165) is 11.3 Å². The number of fused-ring (bicyclic) bond motifs is 2. The number of hydrogen-bond donors (Lipinski definition) is 1. The summed E-state index contributed by atoms with van der Waals surface area (Å²) in [4.78, 5) is 25.8. The van der Waals surface area contributed by atoms with Gasteiger partial charge in [-0.15, -0.1) is 0 Å². The normalized spacial score (nSPS) is 31.4. The van der Waals surface area contributed by atoms with Crippen molar-refractivity contribution in [2.75, 3.05) is 11.9 Å². The lowest BCUT2D eigenvalue weighted by Gasteiger charge is -2.23. The van der Waals surface area contributed by atoms with Crippen LogP contribution in [0.15, 0.2) is 30.4 Å². The van der Waals surface area contributed by atoms with E-state index in [4.69, 9.17) is 14.2 Å². The highest BCUT2D eigenvalue weighted by Gasteiger charge is 2.43. The number of cyclic esters (lactones) is 1. The molecule has 0 bridgehead atoms. The minimum Gasteiger partial charge on any atom is -0.458 e. The van der Waals surface area contributed by atoms with Crippen LogP contribution in [-0.4, -0.2) is 61.9 Å². The lowest BCUT2D eigenvalue weighted by atomic mass is 9.92. The number of aliphatic hydroxyl groups is 1. The van der Waals surface area contributed by atoms with Gasteiger partial charge < -0.3 is 28.9 Å². The van der Waals surface area contributed by atoms with E-state index in [-0.39, 0.29) is 12.0 Å². The Kier molecular flexibility index (Phi) is 7.82. The molecule has 5 atom stereocenters. The van der Waals surface area contributed by atoms with Crippen molar-refractivity contribution in [2.24, 2.45) is 5.92 Å². The number of carbonyl (C=O) groups excluding carboxylic acids is 2. The Labute approximate surface area is 196 Å². The molecule has 1 fully saturated rings. The number of carbonyl (C=O) groups is 2. The number of aryl methyl sites for hydroxylation is 1. The van der Waals surface area contributed by atoms with Crippen LogP contribution in [-0.2, 0) is 19.0 Å². The van der Waals surface area contributed by atoms with Crippen molar-refractivity contribution >= 4 is 31.3 Å². The minimum absolute atomic E-state index is 0.118. The van der Waals surface area contributed by atoms with Crippen LogP contribution in [0.1, 0.15) is 55.6 Å². The molecule has 0 saturated carbocycles. The van der Waals surface area contributed by atoms with Crippen LogP contribution in [0.4, 0.5) is 5.69 Å². The van der Waals surface area contributed by atoms with Gasteiger partial charge in [-0.3, -0.25) is 0 Å². The van der Waals surface area contributed by atoms with Crippen LogP contribution < -0.4 is 4.81 Å². The first-order valence-corrected chi connectivity index (χ1v) is 11.3. The van der Waals surface area contributed by atoms with Gasteiger partial charge in [-0.1, -0.05) is 31.2 Å². The van der Waals surface area contributed by atoms with Crippen molar-refractivity contribution in [1.82, 2.24) is 0 Å². The Hall–Kier alpha value is -2.42. The summed E-state index contributed by atoms with van der Waals surface area (Å²) in [7, 11) is 3.19. The van der Waals surface area contributed by atoms with Crippen molar-refractivity contribution in [3.63, 3.8) is 0 Å². The fourth-order valence-electron chi connectivity index (χ4n) is 4.14. The van der Waals surface area contributed by atoms with Gasteiger partial charge in [-0.2, -0.15) is 0 Å². The molecule has 0 amide bonds. The number of benzene rings is 1. The van der Waals surface area contributed by atoms with Gasteiger partial charge in [-0.25, -0.2) is 4.79 Å². The van der Waals surface area contributed by atoms with Crippen molar-refractivity contribution in [1.29, 1.82) is 0 Å². The topological polar surface area (TPSA) is 85.3 Å². The number of ether oxygens (including phenoxy) is 3. The van der Waals surface area contributed by atoms with Crippen LogP contribution in [0.5, 0.6) is 0 Å². The second kappa shape index (κ2) is 10.2. The van der Waals surface area contributed by atoms with E-state index in [9.17, 15) is 14.7 Å². The molecule has 0 spiro atoms. The molecule has 1 unspecified atom stereocenters. The van der Waals surface area contributed by atoms with Crippen LogP contribution in [0.3, 0.4) is 0 Å². The second-order valence-corrected chi connectivity index (χ2v) is 9.24. The van der Waals surface area contributed by atoms with Gasteiger partial charge >= 0.3 is 13.4 Å². The quantitative estimate of drug-likeness (QED) is 0.325. The number of rotatable bonds is 3. The third-order valence-corrected chi connectivity index (χ3v) is 6.12. The first-order valence-electron chi connectivity index (χ1n) is 11.3. The molecule has 3 rings (SSSR count). The zero-order valence-corrected chi connectivity index (χ0v) is 20.1. The monoisotopic (exact) mass is 454 g/mol. The van der Waals surface area contributed by atoms with E-state index in [1.54, 1.807) is 17.9 Å². The Morgan fingerprint density at radius 1 is 1.21 bits per heavy atom. The lowest BCUT2D eigenvalue weighted by Crippen LogP contribution is -2.34. The van der Waals surface area contributed by atoms with Gasteiger partial charge in [0.2, 0.25) is 0 Å². The van der Waals surface area contributed by atoms with Gasteiger partial charge in [-0.05, 0) is 64.4 Å². The summed E-state index contributed by atoms with van der Waals surface area (Å²) in [5.41, 5.74) is 2.69. The molecule has 2 heterocycles. The van der Waals surface area contributed by atoms with E-state index in [0.29, 0.717) is 23.7 Å². The highest BCUT2D eigenvalue weighted by molar-refractivity contribution is 6.70. The maximum Gasteiger partial charge on any atom is 0.339 e. The van der Waals surface area contributed by atoms with Crippen molar-refractivity contribution in [3.05, 3.63) is 47.1 Å². The summed E-state index contributed by atoms with van der Waals surface area (Å²) in [6, 6.07) is 3.70. The molecule has 1 N–H and O–H groups in total. The maximum absolute atomic E-state index is 13.1. The molecule has 2 aliphatic heterocycles. The van der Waals surface area contributed by atoms with Crippen LogP contribution in [0.2, 0.25) is 0 Å². The molecule has 177 valence electrons. The highest BCUT2D eigenvalue weighted by atomic mass is 16.8. The zero-order chi connectivity index (χ0) is 24.3. The third-order valence-electron chi connectivity index (χ3n) is 6.12. The molecule has 2 aliphatic rings. The van der Waals surface area contributed by atoms with Gasteiger partial charge in [0.15, 0.2) is 5.79 Å². The Balaban J connectivity index is 2.05. The Bertz CT molecular complexity index is 943. The van der Waals surface area contributed by atoms with Gasteiger partial charge in [0.25, 0.3) is 0 Å². The SMILES string of the molecule is Cc1cc(N(C)[B]C=O)cc2c1C(=O)O[C@@H](C)[C@H](C)/C=C\C(O)[C@H]1OC(C)(C)O[C@H]1C/C=C/2. The van der Waals surface area contributed by atoms with E-state index in [1.807, 2.05) is 65.0 Å². The number of nitrogens with zero attached hydrogens (tertiary/aromatic N) is 1. The average molecular weight is 454 g/mol. The van der Waals surface area contributed by atoms with E-state index in [2.05, 4.69) is 0 Å². The lowest BCUT2D eigenvalue weighted by molar-refractivity contribution is -0.152. The molecule has 1 aromatic carbocycles. The van der Waals surface area contributed by atoms with Crippen LogP contribution in [0, 0.1) is 12.8 Å². The predicted octanol–water partition coefficient (Wildman–Crippen LogP) is 3.28. The zero-order valence-electron chi connectivity index (χ0n) is 20.1. The summed E-state index contributed by atoms with van der Waals surface area (Å²) < 4.78 is 17.8. The van der Waals surface area contributed by atoms with Crippen molar-refractivity contribution < 1.29 is 28.9 Å². The van der Waals surface area contributed by atoms with E-state index < -0.39 is 30.1 Å². The molecule has 0 aromatic heterocycles. The number of aliphatic hydroxyl groups excluding tert-OH is 1. The third kappa shape index (κ3) is 5.94. The fraction of sp³-hybridized carbons (Fsp3) is 0.520. The summed E-state index contributed by atoms with van der Waals surface area (Å²) in [5.74, 6) is -1.34. The second-order valence-electron chi connectivity index (χ2n) is 9.24. The smallest absolute Gasteiger partial charge is 0.339 e. The van der Waals surface area contributed by atoms with Crippen molar-refractivity contribution in [3.8, 4) is 0 Å². The number of esters is 1. The number of anilines is 1. The molecule has 33 heavy (non-hydrogen) atoms. The molecule has 0 aliphatic carbocycles. The summed E-state index contributed by atoms with van der Waals surface area (Å²) >= 11 is 0. The largest absolute Gasteiger partial charge is 0.458 e. The van der Waals surface area contributed by atoms with Gasteiger partial charge in [0.05, 0.1) is 11.7 Å². The molecule has 8 heteroatoms. The molecule has 7 nitrogen and oxygen atoms in total. The summed E-state index contributed by atoms with van der Waals surface area (Å²) in [6.07, 6.45) is 6.38. The average Bonchev–Trinajstić information content (AvgIpc) is 3.05. The van der Waals surface area contributed by atoms with Crippen molar-refractivity contribution in [2.45, 2.75) is 71.2 Å². The maximum atomic E-state index is 13.1.